The molecule has 36 heavy (non-hydrogen) atoms. The number of rotatable bonds is 9. The minimum Gasteiger partial charge on any atom is -0.490 e. The van der Waals surface area contributed by atoms with Crippen molar-refractivity contribution >= 4 is 22.4 Å². The van der Waals surface area contributed by atoms with E-state index >= 15 is 0 Å². The Bertz CT molecular complexity index is 1500. The topological polar surface area (TPSA) is 137 Å². The first-order valence-electron chi connectivity index (χ1n) is 11.5. The van der Waals surface area contributed by atoms with Gasteiger partial charge in [0.15, 0.2) is 5.78 Å². The van der Waals surface area contributed by atoms with Crippen LogP contribution in [0.4, 0.5) is 5.69 Å². The molecule has 4 aromatic rings. The molecule has 0 unspecified atom stereocenters. The summed E-state index contributed by atoms with van der Waals surface area (Å²) in [5, 5.41) is 13.6. The van der Waals surface area contributed by atoms with E-state index in [2.05, 4.69) is 53.5 Å². The number of anilines is 1. The first-order chi connectivity index (χ1) is 17.3. The van der Waals surface area contributed by atoms with E-state index in [0.717, 1.165) is 12.8 Å². The summed E-state index contributed by atoms with van der Waals surface area (Å²) in [7, 11) is 0. The number of para-hydroxylation sites is 1. The third kappa shape index (κ3) is 5.41. The van der Waals surface area contributed by atoms with Crippen molar-refractivity contribution in [3.8, 4) is 17.3 Å². The number of hydrogen-bond donors (Lipinski definition) is 2. The average molecular weight is 486 g/mol. The molecule has 4 rings (SSSR count). The Morgan fingerprint density at radius 1 is 1.11 bits per heavy atom. The van der Waals surface area contributed by atoms with Crippen LogP contribution in [0.5, 0.6) is 5.75 Å². The highest BCUT2D eigenvalue weighted by Crippen LogP contribution is 2.28. The lowest BCUT2D eigenvalue weighted by Crippen LogP contribution is -2.12. The summed E-state index contributed by atoms with van der Waals surface area (Å²) >= 11 is 0. The summed E-state index contributed by atoms with van der Waals surface area (Å²) in [6, 6.07) is 11.6. The summed E-state index contributed by atoms with van der Waals surface area (Å²) in [6.07, 6.45) is 6.28. The van der Waals surface area contributed by atoms with Gasteiger partial charge in [-0.15, -0.1) is 10.2 Å². The molecule has 2 heterocycles. The molecule has 0 aliphatic heterocycles. The van der Waals surface area contributed by atoms with Gasteiger partial charge in [-0.05, 0) is 81.3 Å². The number of benzene rings is 2. The van der Waals surface area contributed by atoms with Gasteiger partial charge in [0.1, 0.15) is 23.6 Å². The van der Waals surface area contributed by atoms with E-state index in [-0.39, 0.29) is 39.6 Å². The van der Waals surface area contributed by atoms with Gasteiger partial charge < -0.3 is 14.9 Å². The third-order valence-electron chi connectivity index (χ3n) is 5.64. The van der Waals surface area contributed by atoms with E-state index in [4.69, 9.17) is 14.9 Å². The van der Waals surface area contributed by atoms with Gasteiger partial charge in [-0.3, -0.25) is 9.59 Å². The van der Waals surface area contributed by atoms with E-state index in [9.17, 15) is 9.59 Å². The van der Waals surface area contributed by atoms with E-state index in [0.29, 0.717) is 17.9 Å². The lowest BCUT2D eigenvalue weighted by atomic mass is 10.0. The van der Waals surface area contributed by atoms with Crippen LogP contribution < -0.4 is 15.9 Å². The Kier molecular flexibility index (Phi) is 7.39. The van der Waals surface area contributed by atoms with Crippen molar-refractivity contribution in [2.24, 2.45) is 0 Å². The second-order valence-electron chi connectivity index (χ2n) is 8.63. The van der Waals surface area contributed by atoms with Gasteiger partial charge in [0.25, 0.3) is 0 Å². The van der Waals surface area contributed by atoms with Gasteiger partial charge >= 0.3 is 0 Å². The van der Waals surface area contributed by atoms with Crippen molar-refractivity contribution in [1.29, 1.82) is 0 Å². The summed E-state index contributed by atoms with van der Waals surface area (Å²) in [4.78, 5) is 26.1. The van der Waals surface area contributed by atoms with Crippen LogP contribution in [0.2, 0.25) is 0 Å². The number of nitrogen functional groups attached to an aromatic ring is 1. The molecule has 9 nitrogen and oxygen atoms in total. The highest BCUT2D eigenvalue weighted by molar-refractivity contribution is 6.15. The Hall–Kier alpha value is -4.53. The maximum Gasteiger partial charge on any atom is 0.242 e. The van der Waals surface area contributed by atoms with Crippen LogP contribution >= 0.6 is 0 Å². The molecule has 0 fully saturated rings. The SMILES string of the molecule is CC(C)=CCC/C(C)=C/COc1ccc(C(=O)c2cccc3c(=O)c(N)c(-c4nn[nH]n4)oc23)cc1. The fraction of sp³-hybridized carbons (Fsp3) is 0.222. The summed E-state index contributed by atoms with van der Waals surface area (Å²) < 4.78 is 11.7. The monoisotopic (exact) mass is 485 g/mol. The van der Waals surface area contributed by atoms with Gasteiger partial charge in [0.05, 0.1) is 10.9 Å². The first-order valence-corrected chi connectivity index (χ1v) is 11.5. The van der Waals surface area contributed by atoms with Crippen LogP contribution in [-0.4, -0.2) is 33.0 Å². The molecule has 3 N–H and O–H groups in total. The first kappa shape index (κ1) is 24.6. The van der Waals surface area contributed by atoms with Crippen molar-refractivity contribution in [3.05, 3.63) is 87.1 Å². The highest BCUT2D eigenvalue weighted by atomic mass is 16.5. The Labute approximate surface area is 207 Å². The predicted molar refractivity (Wildman–Crippen MR) is 138 cm³/mol. The summed E-state index contributed by atoms with van der Waals surface area (Å²) in [5.41, 5.74) is 8.65. The number of allylic oxidation sites excluding steroid dienone is 3. The van der Waals surface area contributed by atoms with Crippen LogP contribution in [0.25, 0.3) is 22.6 Å². The Morgan fingerprint density at radius 2 is 1.89 bits per heavy atom. The number of nitrogens with zero attached hydrogens (tertiary/aromatic N) is 3. The lowest BCUT2D eigenvalue weighted by molar-refractivity contribution is 0.103. The fourth-order valence-electron chi connectivity index (χ4n) is 3.66. The number of nitrogens with two attached hydrogens (primary N) is 1. The number of H-pyrrole nitrogens is 1. The zero-order valence-corrected chi connectivity index (χ0v) is 20.4. The van der Waals surface area contributed by atoms with Crippen LogP contribution in [0.15, 0.2) is 75.0 Å². The number of hydrogen-bond acceptors (Lipinski definition) is 8. The van der Waals surface area contributed by atoms with Crippen molar-refractivity contribution in [2.45, 2.75) is 33.6 Å². The second kappa shape index (κ2) is 10.8. The number of ether oxygens (including phenoxy) is 1. The predicted octanol–water partition coefficient (Wildman–Crippen LogP) is 4.86. The summed E-state index contributed by atoms with van der Waals surface area (Å²) in [5.74, 6) is 0.316. The molecule has 0 aliphatic carbocycles. The highest BCUT2D eigenvalue weighted by Gasteiger charge is 2.21. The number of ketones is 1. The quantitative estimate of drug-likeness (QED) is 0.253. The standard InChI is InChI=1S/C27H27N5O4/c1-16(2)6-4-7-17(3)14-15-35-19-12-10-18(11-13-19)23(33)20-8-5-9-21-24(34)22(28)26(36-25(20)21)27-29-31-32-30-27/h5-6,8-14H,4,7,15,28H2,1-3H3,(H,29,30,31,32)/b17-14+. The second-order valence-corrected chi connectivity index (χ2v) is 8.63. The van der Waals surface area contributed by atoms with E-state index in [1.54, 1.807) is 42.5 Å². The number of tetrazole rings is 1. The van der Waals surface area contributed by atoms with Crippen LogP contribution in [0, 0.1) is 0 Å². The molecule has 0 spiro atoms. The van der Waals surface area contributed by atoms with E-state index in [1.165, 1.54) is 11.1 Å². The molecule has 0 aliphatic rings. The largest absolute Gasteiger partial charge is 0.490 e. The molecule has 0 amide bonds. The Morgan fingerprint density at radius 3 is 2.58 bits per heavy atom. The van der Waals surface area contributed by atoms with Crippen molar-refractivity contribution < 1.29 is 13.9 Å². The molecule has 2 aromatic carbocycles. The van der Waals surface area contributed by atoms with Gasteiger partial charge in [0.2, 0.25) is 17.0 Å². The smallest absolute Gasteiger partial charge is 0.242 e. The van der Waals surface area contributed by atoms with E-state index in [1.807, 2.05) is 0 Å². The number of fused-ring (bicyclic) bond motifs is 1. The summed E-state index contributed by atoms with van der Waals surface area (Å²) in [6.45, 7) is 6.72. The molecule has 0 atom stereocenters. The zero-order valence-electron chi connectivity index (χ0n) is 20.4. The van der Waals surface area contributed by atoms with Crippen molar-refractivity contribution in [3.63, 3.8) is 0 Å². The Balaban J connectivity index is 1.54. The number of aromatic amines is 1. The average Bonchev–Trinajstić information content (AvgIpc) is 3.40. The van der Waals surface area contributed by atoms with Crippen LogP contribution in [0.3, 0.4) is 0 Å². The number of carbonyl (C=O) groups excluding carboxylic acids is 1. The van der Waals surface area contributed by atoms with Crippen LogP contribution in [-0.2, 0) is 0 Å². The van der Waals surface area contributed by atoms with Crippen LogP contribution in [0.1, 0.15) is 49.5 Å². The normalized spacial score (nSPS) is 11.5. The molecule has 0 radical (unpaired) electrons. The van der Waals surface area contributed by atoms with Gasteiger partial charge in [-0.1, -0.05) is 23.3 Å². The molecular formula is C27H27N5O4. The third-order valence-corrected chi connectivity index (χ3v) is 5.64. The lowest BCUT2D eigenvalue weighted by Gasteiger charge is -2.09. The zero-order chi connectivity index (χ0) is 25.7. The number of nitrogens with one attached hydrogen (secondary N) is 1. The molecule has 2 aromatic heterocycles. The van der Waals surface area contributed by atoms with Crippen molar-refractivity contribution in [2.75, 3.05) is 12.3 Å². The maximum atomic E-state index is 13.3. The molecule has 0 saturated heterocycles. The minimum atomic E-state index is -0.473. The molecular weight excluding hydrogens is 458 g/mol. The maximum absolute atomic E-state index is 13.3. The van der Waals surface area contributed by atoms with E-state index < -0.39 is 5.43 Å². The van der Waals surface area contributed by atoms with Gasteiger partial charge in [0, 0.05) is 5.56 Å². The molecule has 0 bridgehead atoms. The van der Waals surface area contributed by atoms with Crippen molar-refractivity contribution in [1.82, 2.24) is 20.6 Å². The molecule has 0 saturated carbocycles. The van der Waals surface area contributed by atoms with Gasteiger partial charge in [-0.2, -0.15) is 5.21 Å². The fourth-order valence-corrected chi connectivity index (χ4v) is 3.66. The molecule has 184 valence electrons. The molecule has 9 heteroatoms. The number of aromatic nitrogens is 4. The minimum absolute atomic E-state index is 0.0245. The van der Waals surface area contributed by atoms with Gasteiger partial charge in [-0.25, -0.2) is 0 Å². The number of carbonyl (C=O) groups is 1.